The number of rotatable bonds is 2. The van der Waals surface area contributed by atoms with Gasteiger partial charge in [0.1, 0.15) is 0 Å². The van der Waals surface area contributed by atoms with Gasteiger partial charge in [0.15, 0.2) is 0 Å². The van der Waals surface area contributed by atoms with E-state index in [-0.39, 0.29) is 0 Å². The Hall–Kier alpha value is -0.250. The first-order valence-corrected chi connectivity index (χ1v) is 7.14. The van der Waals surface area contributed by atoms with Crippen LogP contribution in [0, 0.1) is 6.92 Å². The van der Waals surface area contributed by atoms with Crippen molar-refractivity contribution in [2.45, 2.75) is 32.2 Å². The van der Waals surface area contributed by atoms with Gasteiger partial charge in [0, 0.05) is 28.8 Å². The Morgan fingerprint density at radius 3 is 3.00 bits per heavy atom. The topological polar surface area (TPSA) is 21.3 Å². The lowest BCUT2D eigenvalue weighted by molar-refractivity contribution is 0.144. The van der Waals surface area contributed by atoms with Gasteiger partial charge in [-0.1, -0.05) is 11.6 Å². The molecular weight excluding hydrogens is 302 g/mol. The second kappa shape index (κ2) is 6.07. The van der Waals surface area contributed by atoms with E-state index in [0.717, 1.165) is 53.2 Å². The maximum atomic E-state index is 6.15. The van der Waals surface area contributed by atoms with Crippen LogP contribution >= 0.6 is 27.5 Å². The van der Waals surface area contributed by atoms with E-state index in [2.05, 4.69) is 27.3 Å². The SMILES string of the molecule is Cc1cc(Br)c(NC2CCCOCC2)cc1Cl. The zero-order valence-electron chi connectivity index (χ0n) is 9.93. The number of hydrogen-bond acceptors (Lipinski definition) is 2. The minimum atomic E-state index is 0.479. The fourth-order valence-electron chi connectivity index (χ4n) is 2.02. The first kappa shape index (κ1) is 13.2. The molecule has 0 aromatic heterocycles. The monoisotopic (exact) mass is 317 g/mol. The largest absolute Gasteiger partial charge is 0.381 e. The zero-order valence-corrected chi connectivity index (χ0v) is 12.3. The first-order valence-electron chi connectivity index (χ1n) is 5.97. The maximum absolute atomic E-state index is 6.15. The first-order chi connectivity index (χ1) is 8.16. The van der Waals surface area contributed by atoms with E-state index in [0.29, 0.717) is 6.04 Å². The van der Waals surface area contributed by atoms with Crippen LogP contribution in [-0.2, 0) is 4.74 Å². The molecule has 0 radical (unpaired) electrons. The number of anilines is 1. The third kappa shape index (κ3) is 3.60. The molecule has 1 unspecified atom stereocenters. The minimum Gasteiger partial charge on any atom is -0.381 e. The van der Waals surface area contributed by atoms with Crippen molar-refractivity contribution in [1.82, 2.24) is 0 Å². The summed E-state index contributed by atoms with van der Waals surface area (Å²) in [6.07, 6.45) is 3.32. The van der Waals surface area contributed by atoms with E-state index in [1.807, 2.05) is 13.0 Å². The molecule has 0 spiro atoms. The molecule has 1 fully saturated rings. The van der Waals surface area contributed by atoms with E-state index in [9.17, 15) is 0 Å². The second-order valence-corrected chi connectivity index (χ2v) is 5.73. The molecule has 1 N–H and O–H groups in total. The zero-order chi connectivity index (χ0) is 12.3. The van der Waals surface area contributed by atoms with Crippen LogP contribution in [0.5, 0.6) is 0 Å². The van der Waals surface area contributed by atoms with Gasteiger partial charge in [0.05, 0.1) is 5.69 Å². The van der Waals surface area contributed by atoms with E-state index in [1.54, 1.807) is 0 Å². The van der Waals surface area contributed by atoms with E-state index < -0.39 is 0 Å². The van der Waals surface area contributed by atoms with Gasteiger partial charge in [-0.15, -0.1) is 0 Å². The fourth-order valence-corrected chi connectivity index (χ4v) is 2.76. The number of ether oxygens (including phenoxy) is 1. The average molecular weight is 319 g/mol. The smallest absolute Gasteiger partial charge is 0.0501 e. The van der Waals surface area contributed by atoms with Gasteiger partial charge >= 0.3 is 0 Å². The third-order valence-corrected chi connectivity index (χ3v) is 4.12. The summed E-state index contributed by atoms with van der Waals surface area (Å²) in [5.41, 5.74) is 2.17. The number of nitrogens with one attached hydrogen (secondary N) is 1. The summed E-state index contributed by atoms with van der Waals surface area (Å²) in [7, 11) is 0. The lowest BCUT2D eigenvalue weighted by Crippen LogP contribution is -2.19. The van der Waals surface area contributed by atoms with Crippen LogP contribution in [0.25, 0.3) is 0 Å². The Morgan fingerprint density at radius 2 is 2.18 bits per heavy atom. The molecule has 0 bridgehead atoms. The van der Waals surface area contributed by atoms with Crippen molar-refractivity contribution in [1.29, 1.82) is 0 Å². The van der Waals surface area contributed by atoms with Crippen LogP contribution in [0.4, 0.5) is 5.69 Å². The Kier molecular flexibility index (Phi) is 4.71. The molecule has 1 aliphatic rings. The van der Waals surface area contributed by atoms with Crippen molar-refractivity contribution < 1.29 is 4.74 Å². The van der Waals surface area contributed by atoms with E-state index >= 15 is 0 Å². The van der Waals surface area contributed by atoms with Crippen molar-refractivity contribution in [3.63, 3.8) is 0 Å². The number of halogens is 2. The summed E-state index contributed by atoms with van der Waals surface area (Å²) < 4.78 is 6.53. The molecule has 0 saturated carbocycles. The van der Waals surface area contributed by atoms with Crippen LogP contribution in [0.2, 0.25) is 5.02 Å². The molecular formula is C13H17BrClNO. The lowest BCUT2D eigenvalue weighted by Gasteiger charge is -2.19. The fraction of sp³-hybridized carbons (Fsp3) is 0.538. The third-order valence-electron chi connectivity index (χ3n) is 3.06. The lowest BCUT2D eigenvalue weighted by atomic mass is 10.1. The Bertz CT molecular complexity index is 389. The van der Waals surface area contributed by atoms with Crippen molar-refractivity contribution in [2.75, 3.05) is 18.5 Å². The highest BCUT2D eigenvalue weighted by Gasteiger charge is 2.14. The van der Waals surface area contributed by atoms with Crippen molar-refractivity contribution >= 4 is 33.2 Å². The van der Waals surface area contributed by atoms with Crippen LogP contribution in [0.3, 0.4) is 0 Å². The van der Waals surface area contributed by atoms with Gasteiger partial charge in [0.2, 0.25) is 0 Å². The summed E-state index contributed by atoms with van der Waals surface area (Å²) in [5, 5.41) is 4.35. The van der Waals surface area contributed by atoms with Gasteiger partial charge in [-0.2, -0.15) is 0 Å². The molecule has 1 aromatic rings. The van der Waals surface area contributed by atoms with Crippen molar-refractivity contribution in [2.24, 2.45) is 0 Å². The molecule has 1 atom stereocenters. The summed E-state index contributed by atoms with van der Waals surface area (Å²) in [5.74, 6) is 0. The summed E-state index contributed by atoms with van der Waals surface area (Å²) >= 11 is 9.73. The molecule has 94 valence electrons. The van der Waals surface area contributed by atoms with Gasteiger partial charge < -0.3 is 10.1 Å². The Morgan fingerprint density at radius 1 is 1.35 bits per heavy atom. The Labute approximate surface area is 116 Å². The molecule has 4 heteroatoms. The quantitative estimate of drug-likeness (QED) is 0.873. The second-order valence-electron chi connectivity index (χ2n) is 4.47. The van der Waals surface area contributed by atoms with E-state index in [1.165, 1.54) is 0 Å². The molecule has 0 aliphatic carbocycles. The van der Waals surface area contributed by atoms with Crippen LogP contribution in [0.15, 0.2) is 16.6 Å². The highest BCUT2D eigenvalue weighted by Crippen LogP contribution is 2.30. The van der Waals surface area contributed by atoms with Gasteiger partial charge in [-0.25, -0.2) is 0 Å². The highest BCUT2D eigenvalue weighted by atomic mass is 79.9. The summed E-state index contributed by atoms with van der Waals surface area (Å²) in [6, 6.07) is 4.53. The summed E-state index contributed by atoms with van der Waals surface area (Å²) in [6.45, 7) is 3.74. The van der Waals surface area contributed by atoms with Gasteiger partial charge in [-0.05, 0) is 59.8 Å². The van der Waals surface area contributed by atoms with E-state index in [4.69, 9.17) is 16.3 Å². The highest BCUT2D eigenvalue weighted by molar-refractivity contribution is 9.10. The predicted molar refractivity (Wildman–Crippen MR) is 76.0 cm³/mol. The van der Waals surface area contributed by atoms with Crippen LogP contribution in [-0.4, -0.2) is 19.3 Å². The molecule has 1 aliphatic heterocycles. The number of aryl methyl sites for hydroxylation is 1. The maximum Gasteiger partial charge on any atom is 0.0501 e. The number of benzene rings is 1. The van der Waals surface area contributed by atoms with Crippen molar-refractivity contribution in [3.05, 3.63) is 27.2 Å². The molecule has 17 heavy (non-hydrogen) atoms. The minimum absolute atomic E-state index is 0.479. The number of hydrogen-bond donors (Lipinski definition) is 1. The molecule has 1 heterocycles. The molecule has 2 nitrogen and oxygen atoms in total. The van der Waals surface area contributed by atoms with Crippen LogP contribution in [0.1, 0.15) is 24.8 Å². The Balaban J connectivity index is 2.09. The summed E-state index contributed by atoms with van der Waals surface area (Å²) in [4.78, 5) is 0. The molecule has 1 aromatic carbocycles. The normalized spacial score (nSPS) is 21.0. The standard InChI is InChI=1S/C13H17BrClNO/c1-9-7-11(14)13(8-12(9)15)16-10-3-2-5-17-6-4-10/h7-8,10,16H,2-6H2,1H3. The molecule has 0 amide bonds. The van der Waals surface area contributed by atoms with Gasteiger partial charge in [0.25, 0.3) is 0 Å². The average Bonchev–Trinajstić information content (AvgIpc) is 2.54. The molecule has 2 rings (SSSR count). The molecule has 1 saturated heterocycles. The predicted octanol–water partition coefficient (Wildman–Crippen LogP) is 4.39. The van der Waals surface area contributed by atoms with Crippen LogP contribution < -0.4 is 5.32 Å². The van der Waals surface area contributed by atoms with Gasteiger partial charge in [-0.3, -0.25) is 0 Å². The van der Waals surface area contributed by atoms with Crippen molar-refractivity contribution in [3.8, 4) is 0 Å².